The van der Waals surface area contributed by atoms with E-state index in [9.17, 15) is 4.79 Å². The molecule has 0 bridgehead atoms. The van der Waals surface area contributed by atoms with Crippen molar-refractivity contribution in [1.82, 2.24) is 14.8 Å². The monoisotopic (exact) mass is 475 g/mol. The van der Waals surface area contributed by atoms with Gasteiger partial charge in [0.1, 0.15) is 0 Å². The van der Waals surface area contributed by atoms with Crippen LogP contribution in [0.1, 0.15) is 47.2 Å². The first-order valence-corrected chi connectivity index (χ1v) is 12.8. The maximum atomic E-state index is 13.6. The van der Waals surface area contributed by atoms with E-state index in [-0.39, 0.29) is 23.9 Å². The van der Waals surface area contributed by atoms with Gasteiger partial charge < -0.3 is 4.90 Å². The Morgan fingerprint density at radius 3 is 1.94 bits per heavy atom. The van der Waals surface area contributed by atoms with Crippen molar-refractivity contribution in [3.05, 3.63) is 138 Å². The normalized spacial score (nSPS) is 16.7. The first-order chi connectivity index (χ1) is 17.7. The Morgan fingerprint density at radius 2 is 1.39 bits per heavy atom. The summed E-state index contributed by atoms with van der Waals surface area (Å²) in [5, 5.41) is 0. The minimum atomic E-state index is 0.0467. The van der Waals surface area contributed by atoms with Crippen LogP contribution >= 0.6 is 0 Å². The summed E-state index contributed by atoms with van der Waals surface area (Å²) in [6.45, 7) is 1.76. The number of likely N-dealkylation sites (N-methyl/N-ethyl adjacent to an activating group) is 1. The number of likely N-dealkylation sites (tertiary alicyclic amines) is 1. The van der Waals surface area contributed by atoms with Crippen LogP contribution in [0.2, 0.25) is 0 Å². The third kappa shape index (κ3) is 5.39. The largest absolute Gasteiger partial charge is 0.341 e. The van der Waals surface area contributed by atoms with E-state index in [1.54, 1.807) is 0 Å². The number of pyridine rings is 1. The molecule has 36 heavy (non-hydrogen) atoms. The number of carbonyl (C=O) groups excluding carboxylic acids is 1. The van der Waals surface area contributed by atoms with E-state index >= 15 is 0 Å². The smallest absolute Gasteiger partial charge is 0.223 e. The van der Waals surface area contributed by atoms with Gasteiger partial charge in [-0.3, -0.25) is 14.7 Å². The highest BCUT2D eigenvalue weighted by Gasteiger charge is 2.34. The highest BCUT2D eigenvalue weighted by atomic mass is 16.2. The Bertz CT molecular complexity index is 1150. The van der Waals surface area contributed by atoms with Crippen molar-refractivity contribution in [3.8, 4) is 0 Å². The van der Waals surface area contributed by atoms with Crippen molar-refractivity contribution < 1.29 is 4.79 Å². The van der Waals surface area contributed by atoms with Crippen molar-refractivity contribution in [2.75, 3.05) is 20.1 Å². The molecule has 4 aromatic rings. The van der Waals surface area contributed by atoms with Gasteiger partial charge in [-0.15, -0.1) is 0 Å². The molecule has 1 aliphatic rings. The number of hydrogen-bond donors (Lipinski definition) is 0. The molecule has 4 heteroatoms. The number of nitrogens with zero attached hydrogens (tertiary/aromatic N) is 3. The summed E-state index contributed by atoms with van der Waals surface area (Å²) in [6.07, 6.45) is 3.28. The summed E-state index contributed by atoms with van der Waals surface area (Å²) in [7, 11) is 1.97. The highest BCUT2D eigenvalue weighted by Crippen LogP contribution is 2.33. The Hall–Kier alpha value is -3.76. The molecule has 4 nitrogen and oxygen atoms in total. The van der Waals surface area contributed by atoms with Gasteiger partial charge in [0.2, 0.25) is 5.91 Å². The zero-order valence-corrected chi connectivity index (χ0v) is 20.8. The molecular weight excluding hydrogens is 442 g/mol. The summed E-state index contributed by atoms with van der Waals surface area (Å²) in [4.78, 5) is 22.7. The molecule has 0 spiro atoms. The van der Waals surface area contributed by atoms with Crippen LogP contribution in [0.25, 0.3) is 0 Å². The average Bonchev–Trinajstić information content (AvgIpc) is 3.43. The van der Waals surface area contributed by atoms with Crippen LogP contribution in [0.4, 0.5) is 0 Å². The molecule has 182 valence electrons. The van der Waals surface area contributed by atoms with Gasteiger partial charge >= 0.3 is 0 Å². The SMILES string of the molecule is CN(C(=O)CC(c1ccccc1)c1ccccc1)C1CCN(C(c2ccccc2)c2ccccn2)C1. The van der Waals surface area contributed by atoms with Crippen molar-refractivity contribution in [2.24, 2.45) is 0 Å². The van der Waals surface area contributed by atoms with Gasteiger partial charge in [-0.25, -0.2) is 0 Å². The maximum absolute atomic E-state index is 13.6. The molecule has 1 fully saturated rings. The van der Waals surface area contributed by atoms with E-state index in [1.165, 1.54) is 16.7 Å². The lowest BCUT2D eigenvalue weighted by Gasteiger charge is -2.30. The van der Waals surface area contributed by atoms with Gasteiger partial charge in [0.05, 0.1) is 11.7 Å². The third-order valence-electron chi connectivity index (χ3n) is 7.37. The van der Waals surface area contributed by atoms with E-state index in [0.717, 1.165) is 25.2 Å². The Kier molecular flexibility index (Phi) is 7.53. The van der Waals surface area contributed by atoms with Gasteiger partial charge in [-0.2, -0.15) is 0 Å². The fourth-order valence-electron chi connectivity index (χ4n) is 5.38. The molecule has 1 aliphatic heterocycles. The molecule has 1 aromatic heterocycles. The van der Waals surface area contributed by atoms with Gasteiger partial charge in [0.25, 0.3) is 0 Å². The van der Waals surface area contributed by atoms with E-state index < -0.39 is 0 Å². The number of benzene rings is 3. The first-order valence-electron chi connectivity index (χ1n) is 12.8. The van der Waals surface area contributed by atoms with Gasteiger partial charge in [-0.05, 0) is 35.2 Å². The number of aromatic nitrogens is 1. The van der Waals surface area contributed by atoms with E-state index in [1.807, 2.05) is 42.4 Å². The van der Waals surface area contributed by atoms with Gasteiger partial charge in [0, 0.05) is 44.7 Å². The molecule has 3 aromatic carbocycles. The van der Waals surface area contributed by atoms with Crippen LogP contribution in [0.5, 0.6) is 0 Å². The number of amides is 1. The summed E-state index contributed by atoms with van der Waals surface area (Å²) in [5.74, 6) is 0.235. The van der Waals surface area contributed by atoms with Gasteiger partial charge in [0.15, 0.2) is 0 Å². The summed E-state index contributed by atoms with van der Waals surface area (Å²) < 4.78 is 0. The lowest BCUT2D eigenvalue weighted by atomic mass is 9.88. The average molecular weight is 476 g/mol. The lowest BCUT2D eigenvalue weighted by molar-refractivity contribution is -0.132. The molecule has 0 aliphatic carbocycles. The Morgan fingerprint density at radius 1 is 0.833 bits per heavy atom. The standard InChI is InChI=1S/C32H33N3O/c1-34(31(36)23-29(25-13-5-2-6-14-25)26-15-7-3-8-16-26)28-20-22-35(24-28)32(27-17-9-4-10-18-27)30-19-11-12-21-33-30/h2-19,21,28-29,32H,20,22-24H2,1H3. The predicted octanol–water partition coefficient (Wildman–Crippen LogP) is 5.93. The van der Waals surface area contributed by atoms with Crippen LogP contribution in [0.3, 0.4) is 0 Å². The summed E-state index contributed by atoms with van der Waals surface area (Å²) in [6, 6.07) is 37.7. The minimum absolute atomic E-state index is 0.0467. The van der Waals surface area contributed by atoms with Crippen molar-refractivity contribution in [2.45, 2.75) is 30.8 Å². The number of rotatable bonds is 8. The molecule has 0 radical (unpaired) electrons. The number of carbonyl (C=O) groups is 1. The molecule has 0 N–H and O–H groups in total. The first kappa shape index (κ1) is 24.0. The maximum Gasteiger partial charge on any atom is 0.223 e. The Labute approximate surface area is 214 Å². The number of hydrogen-bond acceptors (Lipinski definition) is 3. The second-order valence-corrected chi connectivity index (χ2v) is 9.59. The molecule has 5 rings (SSSR count). The third-order valence-corrected chi connectivity index (χ3v) is 7.37. The molecule has 2 atom stereocenters. The van der Waals surface area contributed by atoms with E-state index in [2.05, 4.69) is 94.8 Å². The molecule has 0 saturated carbocycles. The second-order valence-electron chi connectivity index (χ2n) is 9.59. The molecular formula is C32H33N3O. The second kappa shape index (κ2) is 11.3. The fraction of sp³-hybridized carbons (Fsp3) is 0.250. The minimum Gasteiger partial charge on any atom is -0.341 e. The van der Waals surface area contributed by atoms with E-state index in [4.69, 9.17) is 0 Å². The zero-order chi connectivity index (χ0) is 24.7. The lowest BCUT2D eigenvalue weighted by Crippen LogP contribution is -2.40. The molecule has 1 saturated heterocycles. The predicted molar refractivity (Wildman–Crippen MR) is 145 cm³/mol. The molecule has 2 unspecified atom stereocenters. The zero-order valence-electron chi connectivity index (χ0n) is 20.8. The summed E-state index contributed by atoms with van der Waals surface area (Å²) in [5.41, 5.74) is 4.64. The molecule has 1 amide bonds. The molecule has 2 heterocycles. The quantitative estimate of drug-likeness (QED) is 0.317. The van der Waals surface area contributed by atoms with Crippen LogP contribution in [0.15, 0.2) is 115 Å². The van der Waals surface area contributed by atoms with Crippen LogP contribution in [-0.4, -0.2) is 46.9 Å². The highest BCUT2D eigenvalue weighted by molar-refractivity contribution is 5.78. The van der Waals surface area contributed by atoms with Crippen LogP contribution in [-0.2, 0) is 4.79 Å². The Balaban J connectivity index is 1.32. The van der Waals surface area contributed by atoms with E-state index in [0.29, 0.717) is 6.42 Å². The van der Waals surface area contributed by atoms with Crippen molar-refractivity contribution in [3.63, 3.8) is 0 Å². The summed E-state index contributed by atoms with van der Waals surface area (Å²) >= 11 is 0. The fourth-order valence-corrected chi connectivity index (χ4v) is 5.38. The van der Waals surface area contributed by atoms with Crippen LogP contribution < -0.4 is 0 Å². The topological polar surface area (TPSA) is 36.4 Å². The van der Waals surface area contributed by atoms with Crippen molar-refractivity contribution in [1.29, 1.82) is 0 Å². The van der Waals surface area contributed by atoms with Crippen LogP contribution in [0, 0.1) is 0 Å². The van der Waals surface area contributed by atoms with Gasteiger partial charge in [-0.1, -0.05) is 97.1 Å². The van der Waals surface area contributed by atoms with Crippen molar-refractivity contribution >= 4 is 5.91 Å².